The number of nitrogens with zero attached hydrogens (tertiary/aromatic N) is 2. The van der Waals surface area contributed by atoms with Crippen LogP contribution in [0.5, 0.6) is 0 Å². The van der Waals surface area contributed by atoms with Gasteiger partial charge in [-0.15, -0.1) is 6.58 Å². The topological polar surface area (TPSA) is 101 Å². The molecule has 1 aromatic carbocycles. The molecule has 1 N–H and O–H groups in total. The maximum Gasteiger partial charge on any atom is 0.340 e. The molecule has 0 saturated carbocycles. The Morgan fingerprint density at radius 3 is 2.60 bits per heavy atom. The van der Waals surface area contributed by atoms with Gasteiger partial charge in [0.15, 0.2) is 11.6 Å². The van der Waals surface area contributed by atoms with E-state index in [2.05, 4.69) is 11.6 Å². The average Bonchev–Trinajstić information content (AvgIpc) is 3.03. The number of sulfonamides is 1. The molecule has 0 aliphatic rings. The van der Waals surface area contributed by atoms with Crippen molar-refractivity contribution in [1.29, 1.82) is 0 Å². The first-order chi connectivity index (χ1) is 14.1. The summed E-state index contributed by atoms with van der Waals surface area (Å²) >= 11 is 1.92. The molecular weight excluding hydrogens is 526 g/mol. The second-order valence-electron chi connectivity index (χ2n) is 6.53. The van der Waals surface area contributed by atoms with Gasteiger partial charge in [-0.2, -0.15) is 4.98 Å². The summed E-state index contributed by atoms with van der Waals surface area (Å²) in [4.78, 5) is 16.3. The number of furan rings is 1. The Hall–Kier alpha value is -2.47. The number of carboxylic acids is 1. The maximum absolute atomic E-state index is 13.3. The third-order valence-electron chi connectivity index (χ3n) is 4.34. The molecule has 0 fully saturated rings. The van der Waals surface area contributed by atoms with Crippen molar-refractivity contribution in [2.75, 3.05) is 17.1 Å². The van der Waals surface area contributed by atoms with Crippen LogP contribution in [0.1, 0.15) is 23.2 Å². The number of rotatable bonds is 8. The molecule has 0 aliphatic carbocycles. The normalized spacial score (nSPS) is 11.6. The second-order valence-corrected chi connectivity index (χ2v) is 9.60. The van der Waals surface area contributed by atoms with E-state index in [-0.39, 0.29) is 34.8 Å². The lowest BCUT2D eigenvalue weighted by atomic mass is 10.1. The van der Waals surface area contributed by atoms with E-state index in [0.717, 1.165) is 10.6 Å². The van der Waals surface area contributed by atoms with Crippen LogP contribution in [-0.4, -0.2) is 37.3 Å². The van der Waals surface area contributed by atoms with E-state index in [1.54, 1.807) is 6.08 Å². The number of hydrogen-bond acceptors (Lipinski definition) is 5. The number of carbonyl (C=O) groups is 1. The van der Waals surface area contributed by atoms with Crippen LogP contribution in [-0.2, 0) is 10.0 Å². The van der Waals surface area contributed by atoms with Gasteiger partial charge in [0.2, 0.25) is 15.7 Å². The van der Waals surface area contributed by atoms with Crippen LogP contribution in [0.15, 0.2) is 47.4 Å². The largest absolute Gasteiger partial charge is 0.478 e. The fraction of sp³-hybridized carbons (Fsp3) is 0.200. The van der Waals surface area contributed by atoms with E-state index in [9.17, 15) is 22.7 Å². The van der Waals surface area contributed by atoms with E-state index in [4.69, 9.17) is 4.42 Å². The highest BCUT2D eigenvalue weighted by atomic mass is 127. The fourth-order valence-corrected chi connectivity index (χ4v) is 4.79. The number of aromatic carboxylic acids is 1. The SMILES string of the molecule is C=CCCCN(c1nc2oc(-c3ccc(F)cc3)c(C(=O)O)c2cc1I)S(C)(=O)=O. The van der Waals surface area contributed by atoms with Gasteiger partial charge < -0.3 is 9.52 Å². The van der Waals surface area contributed by atoms with Gasteiger partial charge >= 0.3 is 5.97 Å². The minimum absolute atomic E-state index is 0.0143. The Morgan fingerprint density at radius 1 is 1.37 bits per heavy atom. The number of pyridine rings is 1. The van der Waals surface area contributed by atoms with Gasteiger partial charge in [0, 0.05) is 12.1 Å². The standard InChI is InChI=1S/C20H18FIN2O5S/c1-3-4-5-10-24(30(2,27)28)18-15(22)11-14-16(20(25)26)17(29-19(14)23-18)12-6-8-13(21)9-7-12/h3,6-9,11H,1,4-5,10H2,2H3,(H,25,26). The molecule has 0 unspecified atom stereocenters. The number of carboxylic acid groups (broad SMARTS) is 1. The summed E-state index contributed by atoms with van der Waals surface area (Å²) in [5.41, 5.74) is 0.236. The first-order valence-corrected chi connectivity index (χ1v) is 11.8. The van der Waals surface area contributed by atoms with Crippen molar-refractivity contribution in [2.24, 2.45) is 0 Å². The molecule has 0 bridgehead atoms. The number of benzene rings is 1. The van der Waals surface area contributed by atoms with Crippen LogP contribution in [0.2, 0.25) is 0 Å². The number of fused-ring (bicyclic) bond motifs is 1. The molecule has 0 radical (unpaired) electrons. The molecule has 0 amide bonds. The Labute approximate surface area is 186 Å². The lowest BCUT2D eigenvalue weighted by Gasteiger charge is -2.22. The highest BCUT2D eigenvalue weighted by Gasteiger charge is 2.27. The summed E-state index contributed by atoms with van der Waals surface area (Å²) in [7, 11) is -3.63. The van der Waals surface area contributed by atoms with Gasteiger partial charge in [0.25, 0.3) is 0 Å². The molecule has 30 heavy (non-hydrogen) atoms. The average molecular weight is 544 g/mol. The number of unbranched alkanes of at least 4 members (excludes halogenated alkanes) is 1. The first-order valence-electron chi connectivity index (χ1n) is 8.84. The van der Waals surface area contributed by atoms with Crippen molar-refractivity contribution in [3.8, 4) is 11.3 Å². The van der Waals surface area contributed by atoms with Gasteiger partial charge in [-0.05, 0) is 65.8 Å². The number of allylic oxidation sites excluding steroid dienone is 1. The molecule has 158 valence electrons. The Kier molecular flexibility index (Phi) is 6.46. The van der Waals surface area contributed by atoms with E-state index < -0.39 is 21.8 Å². The van der Waals surface area contributed by atoms with E-state index >= 15 is 0 Å². The fourth-order valence-electron chi connectivity index (χ4n) is 2.99. The predicted molar refractivity (Wildman–Crippen MR) is 121 cm³/mol. The Morgan fingerprint density at radius 2 is 2.03 bits per heavy atom. The zero-order chi connectivity index (χ0) is 22.1. The molecule has 10 heteroatoms. The maximum atomic E-state index is 13.3. The third-order valence-corrected chi connectivity index (χ3v) is 6.29. The van der Waals surface area contributed by atoms with Crippen molar-refractivity contribution >= 4 is 55.5 Å². The van der Waals surface area contributed by atoms with Crippen molar-refractivity contribution in [3.05, 3.63) is 57.9 Å². The highest BCUT2D eigenvalue weighted by molar-refractivity contribution is 14.1. The first kappa shape index (κ1) is 22.2. The Balaban J connectivity index is 2.20. The van der Waals surface area contributed by atoms with Gasteiger partial charge in [-0.25, -0.2) is 17.6 Å². The molecule has 7 nitrogen and oxygen atoms in total. The van der Waals surface area contributed by atoms with E-state index in [1.807, 2.05) is 22.6 Å². The monoisotopic (exact) mass is 544 g/mol. The van der Waals surface area contributed by atoms with Crippen LogP contribution in [0.25, 0.3) is 22.4 Å². The highest BCUT2D eigenvalue weighted by Crippen LogP contribution is 2.36. The van der Waals surface area contributed by atoms with Gasteiger partial charge in [0.05, 0.1) is 15.2 Å². The minimum atomic E-state index is -3.63. The molecule has 3 rings (SSSR count). The molecular formula is C20H18FIN2O5S. The van der Waals surface area contributed by atoms with Crippen molar-refractivity contribution in [3.63, 3.8) is 0 Å². The van der Waals surface area contributed by atoms with Crippen LogP contribution in [0.4, 0.5) is 10.2 Å². The van der Waals surface area contributed by atoms with Crippen LogP contribution in [0, 0.1) is 9.39 Å². The zero-order valence-corrected chi connectivity index (χ0v) is 18.9. The molecule has 0 atom stereocenters. The number of aromatic nitrogens is 1. The number of hydrogen-bond donors (Lipinski definition) is 1. The lowest BCUT2D eigenvalue weighted by Crippen LogP contribution is -2.32. The van der Waals surface area contributed by atoms with Crippen LogP contribution < -0.4 is 4.31 Å². The number of anilines is 1. The summed E-state index contributed by atoms with van der Waals surface area (Å²) in [6.07, 6.45) is 3.95. The lowest BCUT2D eigenvalue weighted by molar-refractivity contribution is 0.0699. The molecule has 2 aromatic heterocycles. The van der Waals surface area contributed by atoms with Gasteiger partial charge in [-0.1, -0.05) is 6.08 Å². The van der Waals surface area contributed by atoms with Crippen molar-refractivity contribution in [1.82, 2.24) is 4.98 Å². The summed E-state index contributed by atoms with van der Waals surface area (Å²) in [6, 6.07) is 6.74. The summed E-state index contributed by atoms with van der Waals surface area (Å²) in [6.45, 7) is 3.83. The van der Waals surface area contributed by atoms with Gasteiger partial charge in [0.1, 0.15) is 11.4 Å². The van der Waals surface area contributed by atoms with Crippen LogP contribution >= 0.6 is 22.6 Å². The molecule has 0 spiro atoms. The zero-order valence-electron chi connectivity index (χ0n) is 15.9. The molecule has 2 heterocycles. The van der Waals surface area contributed by atoms with Crippen molar-refractivity contribution < 1.29 is 27.1 Å². The van der Waals surface area contributed by atoms with Crippen molar-refractivity contribution in [2.45, 2.75) is 12.8 Å². The molecule has 3 aromatic rings. The summed E-state index contributed by atoms with van der Waals surface area (Å²) in [5.74, 6) is -1.52. The summed E-state index contributed by atoms with van der Waals surface area (Å²) < 4.78 is 45.3. The minimum Gasteiger partial charge on any atom is -0.478 e. The number of halogens is 2. The van der Waals surface area contributed by atoms with E-state index in [0.29, 0.717) is 22.0 Å². The molecule has 0 aliphatic heterocycles. The summed E-state index contributed by atoms with van der Waals surface area (Å²) in [5, 5.41) is 9.96. The predicted octanol–water partition coefficient (Wildman–Crippen LogP) is 4.67. The van der Waals surface area contributed by atoms with Gasteiger partial charge in [-0.3, -0.25) is 4.31 Å². The Bertz CT molecular complexity index is 1220. The second kappa shape index (κ2) is 8.72. The third kappa shape index (κ3) is 4.48. The quantitative estimate of drug-likeness (QED) is 0.252. The van der Waals surface area contributed by atoms with E-state index in [1.165, 1.54) is 30.3 Å². The molecule has 0 saturated heterocycles. The smallest absolute Gasteiger partial charge is 0.340 e. The van der Waals surface area contributed by atoms with Crippen LogP contribution in [0.3, 0.4) is 0 Å².